The quantitative estimate of drug-likeness (QED) is 0.747. The van der Waals surface area contributed by atoms with Gasteiger partial charge in [0.2, 0.25) is 0 Å². The second-order valence-electron chi connectivity index (χ2n) is 5.02. The molecule has 17 heavy (non-hydrogen) atoms. The monoisotopic (exact) mass is 252 g/mol. The molecule has 1 aromatic carbocycles. The molecule has 0 aromatic heterocycles. The molecule has 94 valence electrons. The Morgan fingerprint density at radius 1 is 1.35 bits per heavy atom. The number of piperazine rings is 1. The van der Waals surface area contributed by atoms with Gasteiger partial charge in [0.15, 0.2) is 0 Å². The van der Waals surface area contributed by atoms with E-state index in [0.717, 1.165) is 19.6 Å². The Balaban J connectivity index is 2.15. The van der Waals surface area contributed by atoms with Gasteiger partial charge in [-0.1, -0.05) is 6.07 Å². The van der Waals surface area contributed by atoms with Gasteiger partial charge in [-0.15, -0.1) is 11.6 Å². The first-order valence-corrected chi connectivity index (χ1v) is 6.76. The number of likely N-dealkylation sites (N-methyl/N-ethyl adjacent to an activating group) is 1. The van der Waals surface area contributed by atoms with Crippen LogP contribution < -0.4 is 4.90 Å². The molecule has 1 aliphatic rings. The lowest BCUT2D eigenvalue weighted by atomic mass is 10.1. The van der Waals surface area contributed by atoms with Crippen molar-refractivity contribution in [1.29, 1.82) is 0 Å². The summed E-state index contributed by atoms with van der Waals surface area (Å²) in [5.74, 6) is 0.602. The van der Waals surface area contributed by atoms with E-state index < -0.39 is 0 Å². The number of hydrogen-bond acceptors (Lipinski definition) is 2. The molecule has 0 saturated carbocycles. The van der Waals surface area contributed by atoms with Crippen molar-refractivity contribution in [2.24, 2.45) is 0 Å². The molecule has 1 aromatic rings. The van der Waals surface area contributed by atoms with Crippen LogP contribution in [0.1, 0.15) is 18.1 Å². The smallest absolute Gasteiger partial charge is 0.0476 e. The molecule has 0 bridgehead atoms. The zero-order valence-electron chi connectivity index (χ0n) is 10.9. The highest BCUT2D eigenvalue weighted by Gasteiger charge is 2.20. The number of benzene rings is 1. The molecule has 1 unspecified atom stereocenters. The number of halogens is 1. The maximum atomic E-state index is 5.89. The molecule has 0 spiro atoms. The summed E-state index contributed by atoms with van der Waals surface area (Å²) >= 11 is 5.89. The fourth-order valence-corrected chi connectivity index (χ4v) is 2.61. The molecule has 3 heteroatoms. The molecule has 0 radical (unpaired) electrons. The van der Waals surface area contributed by atoms with E-state index in [-0.39, 0.29) is 0 Å². The van der Waals surface area contributed by atoms with Crippen molar-refractivity contribution in [2.75, 3.05) is 31.6 Å². The van der Waals surface area contributed by atoms with Gasteiger partial charge in [-0.3, -0.25) is 0 Å². The van der Waals surface area contributed by atoms with E-state index in [0.29, 0.717) is 11.9 Å². The Labute approximate surface area is 109 Å². The lowest BCUT2D eigenvalue weighted by Crippen LogP contribution is -2.50. The summed E-state index contributed by atoms with van der Waals surface area (Å²) in [4.78, 5) is 4.88. The fraction of sp³-hybridized carbons (Fsp3) is 0.571. The van der Waals surface area contributed by atoms with E-state index in [1.807, 2.05) is 0 Å². The van der Waals surface area contributed by atoms with Crippen molar-refractivity contribution in [1.82, 2.24) is 4.90 Å². The Morgan fingerprint density at radius 3 is 2.71 bits per heavy atom. The molecule has 1 fully saturated rings. The minimum absolute atomic E-state index is 0.602. The molecule has 2 nitrogen and oxygen atoms in total. The SMILES string of the molecule is Cc1cc(N2CCN(C)C(C)C2)ccc1CCl. The van der Waals surface area contributed by atoms with Gasteiger partial charge in [-0.25, -0.2) is 0 Å². The third kappa shape index (κ3) is 2.75. The van der Waals surface area contributed by atoms with Crippen LogP contribution in [0.3, 0.4) is 0 Å². The van der Waals surface area contributed by atoms with E-state index in [2.05, 4.69) is 48.9 Å². The third-order valence-electron chi connectivity index (χ3n) is 3.79. The van der Waals surface area contributed by atoms with Crippen LogP contribution in [0.2, 0.25) is 0 Å². The standard InChI is InChI=1S/C14H21ClN2/c1-11-8-14(5-4-13(11)9-15)17-7-6-16(3)12(2)10-17/h4-5,8,12H,6-7,9-10H2,1-3H3. The molecule has 0 N–H and O–H groups in total. The summed E-state index contributed by atoms with van der Waals surface area (Å²) in [6.45, 7) is 7.78. The summed E-state index contributed by atoms with van der Waals surface area (Å²) in [6, 6.07) is 7.23. The van der Waals surface area contributed by atoms with Gasteiger partial charge in [-0.05, 0) is 44.2 Å². The molecule has 1 saturated heterocycles. The molecule has 0 aliphatic carbocycles. The van der Waals surface area contributed by atoms with E-state index in [1.165, 1.54) is 16.8 Å². The predicted octanol–water partition coefficient (Wildman–Crippen LogP) is 2.87. The van der Waals surface area contributed by atoms with Gasteiger partial charge in [0.05, 0.1) is 0 Å². The van der Waals surface area contributed by atoms with Crippen molar-refractivity contribution in [3.05, 3.63) is 29.3 Å². The van der Waals surface area contributed by atoms with Crippen molar-refractivity contribution < 1.29 is 0 Å². The lowest BCUT2D eigenvalue weighted by molar-refractivity contribution is 0.234. The molecule has 0 amide bonds. The highest BCUT2D eigenvalue weighted by Crippen LogP contribution is 2.22. The first-order chi connectivity index (χ1) is 8.11. The van der Waals surface area contributed by atoms with Gasteiger partial charge in [0.25, 0.3) is 0 Å². The van der Waals surface area contributed by atoms with E-state index in [9.17, 15) is 0 Å². The topological polar surface area (TPSA) is 6.48 Å². The summed E-state index contributed by atoms with van der Waals surface area (Å²) in [5.41, 5.74) is 3.86. The van der Waals surface area contributed by atoms with E-state index >= 15 is 0 Å². The van der Waals surface area contributed by atoms with Crippen LogP contribution in [0.4, 0.5) is 5.69 Å². The molecule has 1 atom stereocenters. The van der Waals surface area contributed by atoms with Crippen LogP contribution in [0.15, 0.2) is 18.2 Å². The zero-order chi connectivity index (χ0) is 12.4. The number of hydrogen-bond donors (Lipinski definition) is 0. The van der Waals surface area contributed by atoms with Crippen molar-refractivity contribution in [3.63, 3.8) is 0 Å². The number of alkyl halides is 1. The Morgan fingerprint density at radius 2 is 2.12 bits per heavy atom. The Kier molecular flexibility index (Phi) is 3.95. The van der Waals surface area contributed by atoms with Crippen molar-refractivity contribution in [2.45, 2.75) is 25.8 Å². The highest BCUT2D eigenvalue weighted by molar-refractivity contribution is 6.17. The number of aryl methyl sites for hydroxylation is 1. The number of rotatable bonds is 2. The van der Waals surface area contributed by atoms with Crippen molar-refractivity contribution >= 4 is 17.3 Å². The second-order valence-corrected chi connectivity index (χ2v) is 5.29. The van der Waals surface area contributed by atoms with Gasteiger partial charge in [0, 0.05) is 37.2 Å². The fourth-order valence-electron chi connectivity index (χ4n) is 2.31. The number of anilines is 1. The van der Waals surface area contributed by atoms with Crippen LogP contribution in [-0.2, 0) is 5.88 Å². The van der Waals surface area contributed by atoms with Crippen LogP contribution in [-0.4, -0.2) is 37.6 Å². The van der Waals surface area contributed by atoms with Crippen LogP contribution in [0.5, 0.6) is 0 Å². The Bertz CT molecular complexity index is 392. The third-order valence-corrected chi connectivity index (χ3v) is 4.08. The van der Waals surface area contributed by atoms with Crippen LogP contribution in [0, 0.1) is 6.92 Å². The van der Waals surface area contributed by atoms with Crippen molar-refractivity contribution in [3.8, 4) is 0 Å². The maximum absolute atomic E-state index is 5.89. The predicted molar refractivity (Wildman–Crippen MR) is 75.0 cm³/mol. The van der Waals surface area contributed by atoms with Gasteiger partial charge in [0.1, 0.15) is 0 Å². The molecule has 1 aliphatic heterocycles. The summed E-state index contributed by atoms with van der Waals surface area (Å²) in [7, 11) is 2.20. The van der Waals surface area contributed by atoms with Gasteiger partial charge in [-0.2, -0.15) is 0 Å². The first-order valence-electron chi connectivity index (χ1n) is 6.22. The average Bonchev–Trinajstić information content (AvgIpc) is 2.32. The highest BCUT2D eigenvalue weighted by atomic mass is 35.5. The minimum Gasteiger partial charge on any atom is -0.369 e. The largest absolute Gasteiger partial charge is 0.369 e. The molecular weight excluding hydrogens is 232 g/mol. The normalized spacial score (nSPS) is 21.9. The van der Waals surface area contributed by atoms with E-state index in [1.54, 1.807) is 0 Å². The molecule has 1 heterocycles. The second kappa shape index (κ2) is 5.28. The summed E-state index contributed by atoms with van der Waals surface area (Å²) in [6.07, 6.45) is 0. The van der Waals surface area contributed by atoms with E-state index in [4.69, 9.17) is 11.6 Å². The lowest BCUT2D eigenvalue weighted by Gasteiger charge is -2.39. The molecule has 2 rings (SSSR count). The summed E-state index contributed by atoms with van der Waals surface area (Å²) < 4.78 is 0. The Hall–Kier alpha value is -0.730. The number of nitrogens with zero attached hydrogens (tertiary/aromatic N) is 2. The summed E-state index contributed by atoms with van der Waals surface area (Å²) in [5, 5.41) is 0. The maximum Gasteiger partial charge on any atom is 0.0476 e. The van der Waals surface area contributed by atoms with Crippen LogP contribution in [0.25, 0.3) is 0 Å². The zero-order valence-corrected chi connectivity index (χ0v) is 11.7. The molecular formula is C14H21ClN2. The first kappa shape index (κ1) is 12.7. The van der Waals surface area contributed by atoms with Gasteiger partial charge >= 0.3 is 0 Å². The van der Waals surface area contributed by atoms with Gasteiger partial charge < -0.3 is 9.80 Å². The van der Waals surface area contributed by atoms with Crippen LogP contribution >= 0.6 is 11.6 Å². The average molecular weight is 253 g/mol. The minimum atomic E-state index is 0.602.